The van der Waals surface area contributed by atoms with Gasteiger partial charge in [0.15, 0.2) is 6.61 Å². The molecule has 21 heavy (non-hydrogen) atoms. The maximum atomic E-state index is 5.96. The minimum atomic E-state index is 0.144. The van der Waals surface area contributed by atoms with Gasteiger partial charge in [0.1, 0.15) is 11.0 Å². The highest BCUT2D eigenvalue weighted by Crippen LogP contribution is 2.35. The van der Waals surface area contributed by atoms with Crippen molar-refractivity contribution in [2.75, 3.05) is 0 Å². The van der Waals surface area contributed by atoms with Crippen LogP contribution in [0.25, 0.3) is 11.0 Å². The number of benzene rings is 1. The molecule has 0 amide bonds. The molecule has 0 atom stereocenters. The van der Waals surface area contributed by atoms with Crippen LogP contribution in [0.2, 0.25) is 5.02 Å². The molecule has 1 aliphatic rings. The van der Waals surface area contributed by atoms with Crippen LogP contribution < -0.4 is 4.84 Å². The van der Waals surface area contributed by atoms with Gasteiger partial charge >= 0.3 is 0 Å². The first-order chi connectivity index (χ1) is 10.3. The highest BCUT2D eigenvalue weighted by Gasteiger charge is 2.25. The predicted octanol–water partition coefficient (Wildman–Crippen LogP) is 2.36. The Bertz CT molecular complexity index is 780. The van der Waals surface area contributed by atoms with Crippen LogP contribution in [-0.2, 0) is 6.61 Å². The lowest BCUT2D eigenvalue weighted by molar-refractivity contribution is 0.0603. The third-order valence-corrected chi connectivity index (χ3v) is 3.86. The lowest BCUT2D eigenvalue weighted by Gasteiger charge is -2.20. The maximum Gasteiger partial charge on any atom is 0.256 e. The van der Waals surface area contributed by atoms with Gasteiger partial charge in [-0.05, 0) is 36.3 Å². The Hall–Kier alpha value is -2.15. The fourth-order valence-electron chi connectivity index (χ4n) is 2.23. The molecule has 1 fully saturated rings. The third-order valence-electron chi connectivity index (χ3n) is 3.62. The van der Waals surface area contributed by atoms with Gasteiger partial charge in [0.25, 0.3) is 5.89 Å². The second-order valence-electron chi connectivity index (χ2n) is 5.03. The van der Waals surface area contributed by atoms with Crippen molar-refractivity contribution in [2.45, 2.75) is 31.8 Å². The summed E-state index contributed by atoms with van der Waals surface area (Å²) in [5, 5.41) is 16.5. The molecule has 0 saturated heterocycles. The van der Waals surface area contributed by atoms with E-state index in [9.17, 15) is 0 Å². The quantitative estimate of drug-likeness (QED) is 0.736. The summed E-state index contributed by atoms with van der Waals surface area (Å²) in [4.78, 5) is 6.85. The lowest BCUT2D eigenvalue weighted by Crippen LogP contribution is -2.13. The topological polar surface area (TPSA) is 78.9 Å². The van der Waals surface area contributed by atoms with Crippen molar-refractivity contribution < 1.29 is 9.25 Å². The van der Waals surface area contributed by atoms with Gasteiger partial charge in [-0.25, -0.2) is 0 Å². The molecule has 0 bridgehead atoms. The number of halogens is 1. The van der Waals surface area contributed by atoms with E-state index in [1.165, 1.54) is 11.3 Å². The molecule has 0 radical (unpaired) electrons. The summed E-state index contributed by atoms with van der Waals surface area (Å²) >= 11 is 5.96. The van der Waals surface area contributed by atoms with Crippen molar-refractivity contribution in [3.05, 3.63) is 35.0 Å². The van der Waals surface area contributed by atoms with Crippen LogP contribution in [0.4, 0.5) is 0 Å². The van der Waals surface area contributed by atoms with E-state index in [0.29, 0.717) is 33.8 Å². The zero-order valence-electron chi connectivity index (χ0n) is 11.1. The van der Waals surface area contributed by atoms with Crippen LogP contribution in [0, 0.1) is 0 Å². The largest absolute Gasteiger partial charge is 0.421 e. The molecule has 1 aromatic carbocycles. The Morgan fingerprint density at radius 3 is 3.00 bits per heavy atom. The van der Waals surface area contributed by atoms with Crippen molar-refractivity contribution in [3.8, 4) is 0 Å². The molecule has 1 aliphatic carbocycles. The molecule has 0 aliphatic heterocycles. The van der Waals surface area contributed by atoms with Gasteiger partial charge in [0, 0.05) is 10.9 Å². The molecule has 0 spiro atoms. The van der Waals surface area contributed by atoms with Gasteiger partial charge in [0.05, 0.1) is 0 Å². The second kappa shape index (κ2) is 5.00. The van der Waals surface area contributed by atoms with Crippen LogP contribution >= 0.6 is 11.6 Å². The zero-order chi connectivity index (χ0) is 14.2. The van der Waals surface area contributed by atoms with Crippen molar-refractivity contribution in [1.82, 2.24) is 25.4 Å². The van der Waals surface area contributed by atoms with Crippen LogP contribution in [0.1, 0.15) is 37.0 Å². The summed E-state index contributed by atoms with van der Waals surface area (Å²) in [5.74, 6) is 1.55. The molecule has 1 saturated carbocycles. The van der Waals surface area contributed by atoms with Crippen LogP contribution in [0.15, 0.2) is 22.6 Å². The molecular formula is C13H12ClN5O2. The van der Waals surface area contributed by atoms with Gasteiger partial charge in [-0.2, -0.15) is 0 Å². The molecule has 0 unspecified atom stereocenters. The number of nitrogens with zero attached hydrogens (tertiary/aromatic N) is 5. The third kappa shape index (κ3) is 2.33. The van der Waals surface area contributed by atoms with E-state index in [1.54, 1.807) is 18.2 Å². The van der Waals surface area contributed by atoms with E-state index in [0.717, 1.165) is 12.8 Å². The Morgan fingerprint density at radius 2 is 2.19 bits per heavy atom. The summed E-state index contributed by atoms with van der Waals surface area (Å²) < 4.78 is 5.59. The smallest absolute Gasteiger partial charge is 0.256 e. The SMILES string of the molecule is Clc1ccc2nnn(OCc3nnc(C4CCC4)o3)c2c1. The molecule has 108 valence electrons. The molecule has 3 aromatic rings. The summed E-state index contributed by atoms with van der Waals surface area (Å²) in [7, 11) is 0. The van der Waals surface area contributed by atoms with Crippen LogP contribution in [0.3, 0.4) is 0 Å². The van der Waals surface area contributed by atoms with Crippen LogP contribution in [-0.4, -0.2) is 25.4 Å². The second-order valence-corrected chi connectivity index (χ2v) is 5.47. The van der Waals surface area contributed by atoms with E-state index in [-0.39, 0.29) is 6.61 Å². The fourth-order valence-corrected chi connectivity index (χ4v) is 2.39. The van der Waals surface area contributed by atoms with Gasteiger partial charge in [-0.15, -0.1) is 15.3 Å². The summed E-state index contributed by atoms with van der Waals surface area (Å²) in [6.45, 7) is 0.144. The van der Waals surface area contributed by atoms with Gasteiger partial charge in [0.2, 0.25) is 5.89 Å². The molecule has 0 N–H and O–H groups in total. The molecular weight excluding hydrogens is 294 g/mol. The number of rotatable bonds is 4. The monoisotopic (exact) mass is 305 g/mol. The van der Waals surface area contributed by atoms with E-state index in [4.69, 9.17) is 20.9 Å². The average Bonchev–Trinajstić information content (AvgIpc) is 3.01. The Labute approximate surface area is 124 Å². The number of aromatic nitrogens is 5. The first-order valence-electron chi connectivity index (χ1n) is 6.76. The normalized spacial score (nSPS) is 15.3. The van der Waals surface area contributed by atoms with Crippen molar-refractivity contribution in [2.24, 2.45) is 0 Å². The number of hydrogen-bond acceptors (Lipinski definition) is 6. The summed E-state index contributed by atoms with van der Waals surface area (Å²) in [5.41, 5.74) is 1.40. The van der Waals surface area contributed by atoms with E-state index in [2.05, 4.69) is 20.5 Å². The van der Waals surface area contributed by atoms with E-state index in [1.807, 2.05) is 0 Å². The predicted molar refractivity (Wildman–Crippen MR) is 73.7 cm³/mol. The minimum Gasteiger partial charge on any atom is -0.421 e. The van der Waals surface area contributed by atoms with Gasteiger partial charge < -0.3 is 9.25 Å². The van der Waals surface area contributed by atoms with Gasteiger partial charge in [-0.3, -0.25) is 0 Å². The molecule has 2 heterocycles. The first-order valence-corrected chi connectivity index (χ1v) is 7.14. The zero-order valence-corrected chi connectivity index (χ0v) is 11.8. The number of fused-ring (bicyclic) bond motifs is 1. The Balaban J connectivity index is 1.50. The molecule has 7 nitrogen and oxygen atoms in total. The summed E-state index contributed by atoms with van der Waals surface area (Å²) in [6.07, 6.45) is 3.47. The minimum absolute atomic E-state index is 0.144. The maximum absolute atomic E-state index is 5.96. The molecule has 4 rings (SSSR count). The van der Waals surface area contributed by atoms with Crippen molar-refractivity contribution in [1.29, 1.82) is 0 Å². The van der Waals surface area contributed by atoms with E-state index < -0.39 is 0 Å². The number of hydrogen-bond donors (Lipinski definition) is 0. The van der Waals surface area contributed by atoms with E-state index >= 15 is 0 Å². The van der Waals surface area contributed by atoms with Crippen molar-refractivity contribution >= 4 is 22.6 Å². The Morgan fingerprint density at radius 1 is 1.29 bits per heavy atom. The highest BCUT2D eigenvalue weighted by molar-refractivity contribution is 6.31. The summed E-state index contributed by atoms with van der Waals surface area (Å²) in [6, 6.07) is 5.28. The first kappa shape index (κ1) is 12.6. The molecule has 2 aromatic heterocycles. The van der Waals surface area contributed by atoms with Crippen molar-refractivity contribution in [3.63, 3.8) is 0 Å². The highest BCUT2D eigenvalue weighted by atomic mass is 35.5. The lowest BCUT2D eigenvalue weighted by atomic mass is 9.85. The van der Waals surface area contributed by atoms with Crippen LogP contribution in [0.5, 0.6) is 0 Å². The van der Waals surface area contributed by atoms with Gasteiger partial charge in [-0.1, -0.05) is 22.9 Å². The molecule has 8 heteroatoms. The fraction of sp³-hybridized carbons (Fsp3) is 0.385. The standard InChI is InChI=1S/C13H12ClN5O2/c14-9-4-5-10-11(6-9)19(18-15-10)20-7-12-16-17-13(21-12)8-2-1-3-8/h4-6,8H,1-3,7H2. The average molecular weight is 306 g/mol. The Kier molecular flexibility index (Phi) is 2.99.